The summed E-state index contributed by atoms with van der Waals surface area (Å²) in [7, 11) is -3.34. The minimum absolute atomic E-state index is 0. The molecule has 1 N–H and O–H groups in total. The van der Waals surface area contributed by atoms with Crippen LogP contribution < -0.4 is 10.2 Å². The molecule has 1 heterocycles. The minimum Gasteiger partial charge on any atom is -0.367 e. The van der Waals surface area contributed by atoms with E-state index < -0.39 is 15.7 Å². The molecule has 1 aliphatic heterocycles. The fourth-order valence-electron chi connectivity index (χ4n) is 2.70. The molecule has 1 saturated carbocycles. The van der Waals surface area contributed by atoms with E-state index in [4.69, 9.17) is 0 Å². The highest BCUT2D eigenvalue weighted by molar-refractivity contribution is 7.92. The fraction of sp³-hybridized carbons (Fsp3) is 0.571. The fourth-order valence-corrected chi connectivity index (χ4v) is 4.56. The molecule has 3 rings (SSSR count). The van der Waals surface area contributed by atoms with E-state index in [1.165, 1.54) is 6.07 Å². The molecule has 1 aromatic carbocycles. The molecule has 1 saturated heterocycles. The van der Waals surface area contributed by atoms with Crippen molar-refractivity contribution in [1.29, 1.82) is 0 Å². The summed E-state index contributed by atoms with van der Waals surface area (Å²) in [6.07, 6.45) is 2.35. The summed E-state index contributed by atoms with van der Waals surface area (Å²) < 4.78 is 38.8. The molecule has 0 spiro atoms. The summed E-state index contributed by atoms with van der Waals surface area (Å²) in [4.78, 5) is 2.07. The molecule has 1 aliphatic carbocycles. The van der Waals surface area contributed by atoms with Gasteiger partial charge in [0.05, 0.1) is 15.8 Å². The van der Waals surface area contributed by atoms with Crippen molar-refractivity contribution in [2.45, 2.75) is 29.4 Å². The van der Waals surface area contributed by atoms with Gasteiger partial charge in [0.2, 0.25) is 0 Å². The van der Waals surface area contributed by atoms with Crippen LogP contribution in [0.5, 0.6) is 0 Å². The Balaban J connectivity index is 0.00000161. The van der Waals surface area contributed by atoms with Crippen LogP contribution in [0.3, 0.4) is 0 Å². The molecule has 0 aromatic heterocycles. The van der Waals surface area contributed by atoms with Crippen LogP contribution in [-0.4, -0.2) is 39.8 Å². The average Bonchev–Trinajstić information content (AvgIpc) is 2.37. The van der Waals surface area contributed by atoms with Crippen LogP contribution in [0.1, 0.15) is 19.3 Å². The largest absolute Gasteiger partial charge is 0.367 e. The number of hydrogen-bond donors (Lipinski definition) is 1. The first kappa shape index (κ1) is 16.5. The molecule has 21 heavy (non-hydrogen) atoms. The lowest BCUT2D eigenvalue weighted by atomic mass is 10.00. The summed E-state index contributed by atoms with van der Waals surface area (Å²) in [5.74, 6) is -0.438. The van der Waals surface area contributed by atoms with Gasteiger partial charge in [0.25, 0.3) is 0 Å². The lowest BCUT2D eigenvalue weighted by molar-refractivity contribution is 0.476. The zero-order valence-corrected chi connectivity index (χ0v) is 13.4. The summed E-state index contributed by atoms with van der Waals surface area (Å²) in [5, 5.41) is 2.90. The highest BCUT2D eigenvalue weighted by Gasteiger charge is 2.33. The van der Waals surface area contributed by atoms with Gasteiger partial charge in [-0.15, -0.1) is 12.4 Å². The summed E-state index contributed by atoms with van der Waals surface area (Å²) in [6.45, 7) is 3.13. The van der Waals surface area contributed by atoms with Gasteiger partial charge in [-0.1, -0.05) is 6.42 Å². The first-order chi connectivity index (χ1) is 9.59. The van der Waals surface area contributed by atoms with Crippen LogP contribution in [0.25, 0.3) is 0 Å². The van der Waals surface area contributed by atoms with E-state index in [0.29, 0.717) is 18.5 Å². The Morgan fingerprint density at radius 3 is 2.38 bits per heavy atom. The van der Waals surface area contributed by atoms with Crippen molar-refractivity contribution in [2.75, 3.05) is 31.1 Å². The molecule has 2 aliphatic rings. The van der Waals surface area contributed by atoms with Gasteiger partial charge in [0, 0.05) is 26.2 Å². The third kappa shape index (κ3) is 3.17. The van der Waals surface area contributed by atoms with E-state index in [9.17, 15) is 12.8 Å². The quantitative estimate of drug-likeness (QED) is 0.918. The second kappa shape index (κ2) is 6.50. The number of hydrogen-bond acceptors (Lipinski definition) is 4. The predicted octanol–water partition coefficient (Wildman–Crippen LogP) is 1.98. The van der Waals surface area contributed by atoms with Gasteiger partial charge in [0.15, 0.2) is 9.84 Å². The van der Waals surface area contributed by atoms with Crippen molar-refractivity contribution in [3.8, 4) is 0 Å². The van der Waals surface area contributed by atoms with E-state index in [1.807, 2.05) is 4.90 Å². The van der Waals surface area contributed by atoms with Gasteiger partial charge in [-0.3, -0.25) is 0 Å². The van der Waals surface area contributed by atoms with Crippen LogP contribution in [0.4, 0.5) is 10.1 Å². The number of halogens is 2. The molecule has 0 bridgehead atoms. The van der Waals surface area contributed by atoms with E-state index in [1.54, 1.807) is 12.1 Å². The zero-order valence-electron chi connectivity index (χ0n) is 11.7. The first-order valence-corrected chi connectivity index (χ1v) is 8.63. The highest BCUT2D eigenvalue weighted by Crippen LogP contribution is 2.32. The second-order valence-corrected chi connectivity index (χ2v) is 7.68. The van der Waals surface area contributed by atoms with Crippen molar-refractivity contribution < 1.29 is 12.8 Å². The Bertz CT molecular complexity index is 599. The maximum Gasteiger partial charge on any atom is 0.181 e. The number of nitrogens with one attached hydrogen (secondary N) is 1. The van der Waals surface area contributed by atoms with Gasteiger partial charge in [-0.25, -0.2) is 12.8 Å². The standard InChI is InChI=1S/C14H19FN2O2S.ClH/c15-13-10-12(20(18,19)11-2-1-3-11)4-5-14(13)17-8-6-16-7-9-17;/h4-5,10-11,16H,1-3,6-9H2;1H. The maximum atomic E-state index is 14.2. The summed E-state index contributed by atoms with van der Waals surface area (Å²) in [5.41, 5.74) is 0.499. The van der Waals surface area contributed by atoms with Crippen molar-refractivity contribution in [1.82, 2.24) is 5.32 Å². The van der Waals surface area contributed by atoms with E-state index in [2.05, 4.69) is 5.32 Å². The van der Waals surface area contributed by atoms with Crippen molar-refractivity contribution in [3.63, 3.8) is 0 Å². The third-order valence-corrected chi connectivity index (χ3v) is 6.46. The van der Waals surface area contributed by atoms with Gasteiger partial charge in [-0.05, 0) is 31.0 Å². The molecule has 0 atom stereocenters. The smallest absolute Gasteiger partial charge is 0.181 e. The van der Waals surface area contributed by atoms with Crippen LogP contribution in [0.2, 0.25) is 0 Å². The molecule has 2 fully saturated rings. The maximum absolute atomic E-state index is 14.2. The third-order valence-electron chi connectivity index (χ3n) is 4.20. The van der Waals surface area contributed by atoms with Gasteiger partial charge < -0.3 is 10.2 Å². The Morgan fingerprint density at radius 1 is 1.19 bits per heavy atom. The van der Waals surface area contributed by atoms with E-state index in [-0.39, 0.29) is 22.6 Å². The molecule has 0 amide bonds. The second-order valence-electron chi connectivity index (χ2n) is 5.45. The van der Waals surface area contributed by atoms with Crippen LogP contribution in [0.15, 0.2) is 23.1 Å². The van der Waals surface area contributed by atoms with Crippen LogP contribution in [-0.2, 0) is 9.84 Å². The number of benzene rings is 1. The Morgan fingerprint density at radius 2 is 1.86 bits per heavy atom. The van der Waals surface area contributed by atoms with Crippen LogP contribution >= 0.6 is 12.4 Å². The molecule has 0 radical (unpaired) electrons. The number of piperazine rings is 1. The molecule has 4 nitrogen and oxygen atoms in total. The lowest BCUT2D eigenvalue weighted by Gasteiger charge is -2.30. The predicted molar refractivity (Wildman–Crippen MR) is 83.6 cm³/mol. The lowest BCUT2D eigenvalue weighted by Crippen LogP contribution is -2.43. The van der Waals surface area contributed by atoms with Gasteiger partial charge in [0.1, 0.15) is 5.82 Å². The Hall–Kier alpha value is -0.850. The minimum atomic E-state index is -3.34. The Kier molecular flexibility index (Phi) is 5.11. The van der Waals surface area contributed by atoms with Crippen molar-refractivity contribution in [2.24, 2.45) is 0 Å². The van der Waals surface area contributed by atoms with Crippen LogP contribution in [0, 0.1) is 5.82 Å². The summed E-state index contributed by atoms with van der Waals surface area (Å²) in [6, 6.07) is 4.34. The van der Waals surface area contributed by atoms with Gasteiger partial charge in [-0.2, -0.15) is 0 Å². The molecule has 118 valence electrons. The number of sulfone groups is 1. The average molecular weight is 335 g/mol. The highest BCUT2D eigenvalue weighted by atomic mass is 35.5. The van der Waals surface area contributed by atoms with E-state index in [0.717, 1.165) is 32.6 Å². The number of nitrogens with zero attached hydrogens (tertiary/aromatic N) is 1. The normalized spacial score (nSPS) is 19.8. The molecular weight excluding hydrogens is 315 g/mol. The van der Waals surface area contributed by atoms with Crippen molar-refractivity contribution in [3.05, 3.63) is 24.0 Å². The summed E-state index contributed by atoms with van der Waals surface area (Å²) >= 11 is 0. The Labute approximate surface area is 131 Å². The monoisotopic (exact) mass is 334 g/mol. The van der Waals surface area contributed by atoms with E-state index >= 15 is 0 Å². The zero-order chi connectivity index (χ0) is 14.2. The topological polar surface area (TPSA) is 49.4 Å². The van der Waals surface area contributed by atoms with Crippen molar-refractivity contribution >= 4 is 27.9 Å². The first-order valence-electron chi connectivity index (χ1n) is 7.08. The van der Waals surface area contributed by atoms with Gasteiger partial charge >= 0.3 is 0 Å². The number of anilines is 1. The molecular formula is C14H20ClFN2O2S. The molecule has 7 heteroatoms. The molecule has 0 unspecified atom stereocenters. The SMILES string of the molecule is Cl.O=S(=O)(c1ccc(N2CCNCC2)c(F)c1)C1CCC1. The number of rotatable bonds is 3. The molecule has 1 aromatic rings.